The van der Waals surface area contributed by atoms with Gasteiger partial charge >= 0.3 is 6.18 Å². The van der Waals surface area contributed by atoms with Gasteiger partial charge in [0, 0.05) is 16.5 Å². The highest BCUT2D eigenvalue weighted by Gasteiger charge is 2.35. The number of hydrogen-bond acceptors (Lipinski definition) is 3. The van der Waals surface area contributed by atoms with Crippen molar-refractivity contribution in [2.75, 3.05) is 0 Å². The number of alkyl halides is 3. The lowest BCUT2D eigenvalue weighted by Crippen LogP contribution is -2.07. The Hall–Kier alpha value is -2.93. The second-order valence-corrected chi connectivity index (χ2v) is 6.41. The first-order valence-corrected chi connectivity index (χ1v) is 8.64. The molecule has 0 saturated carbocycles. The van der Waals surface area contributed by atoms with Gasteiger partial charge in [0.15, 0.2) is 5.69 Å². The Labute approximate surface area is 151 Å². The first-order valence-electron chi connectivity index (χ1n) is 7.76. The smallest absolute Gasteiger partial charge is 0.218 e. The summed E-state index contributed by atoms with van der Waals surface area (Å²) in [6.45, 7) is 0. The molecule has 0 aliphatic heterocycles. The Morgan fingerprint density at radius 3 is 2.08 bits per heavy atom. The van der Waals surface area contributed by atoms with Gasteiger partial charge in [0.2, 0.25) is 5.13 Å². The summed E-state index contributed by atoms with van der Waals surface area (Å²) < 4.78 is 40.8. The van der Waals surface area contributed by atoms with E-state index in [1.807, 2.05) is 41.8 Å². The summed E-state index contributed by atoms with van der Waals surface area (Å²) in [4.78, 5) is 4.48. The summed E-state index contributed by atoms with van der Waals surface area (Å²) >= 11 is 1.25. The second kappa shape index (κ2) is 6.42. The predicted octanol–water partition coefficient (Wildman–Crippen LogP) is 5.68. The molecule has 0 atom stereocenters. The molecular formula is C19H12F3N3S. The molecule has 2 aromatic carbocycles. The molecule has 0 aliphatic rings. The van der Waals surface area contributed by atoms with E-state index in [4.69, 9.17) is 0 Å². The molecule has 0 spiro atoms. The molecule has 3 nitrogen and oxygen atoms in total. The van der Waals surface area contributed by atoms with Crippen LogP contribution in [0.4, 0.5) is 13.2 Å². The maximum Gasteiger partial charge on any atom is 0.435 e. The Morgan fingerprint density at radius 2 is 1.46 bits per heavy atom. The monoisotopic (exact) mass is 371 g/mol. The van der Waals surface area contributed by atoms with Crippen molar-refractivity contribution in [3.05, 3.63) is 77.8 Å². The molecule has 2 heterocycles. The van der Waals surface area contributed by atoms with E-state index in [0.29, 0.717) is 22.1 Å². The van der Waals surface area contributed by atoms with Crippen molar-refractivity contribution in [1.82, 2.24) is 14.8 Å². The van der Waals surface area contributed by atoms with Crippen LogP contribution in [0.5, 0.6) is 0 Å². The summed E-state index contributed by atoms with van der Waals surface area (Å²) in [6, 6.07) is 19.4. The minimum Gasteiger partial charge on any atom is -0.218 e. The zero-order valence-electron chi connectivity index (χ0n) is 13.3. The standard InChI is InChI=1S/C19H12F3N3S/c20-19(21,22)17-11-16(14-9-5-2-6-10-14)25(24-17)18-23-15(12-26-18)13-7-3-1-4-8-13/h1-12H. The first kappa shape index (κ1) is 16.5. The van der Waals surface area contributed by atoms with Crippen molar-refractivity contribution in [2.24, 2.45) is 0 Å². The minimum atomic E-state index is -4.52. The van der Waals surface area contributed by atoms with E-state index in [0.717, 1.165) is 11.6 Å². The molecule has 0 amide bonds. The maximum atomic E-state index is 13.2. The van der Waals surface area contributed by atoms with Crippen molar-refractivity contribution in [3.8, 4) is 27.6 Å². The number of hydrogen-bond donors (Lipinski definition) is 0. The fourth-order valence-corrected chi connectivity index (χ4v) is 3.38. The van der Waals surface area contributed by atoms with Gasteiger partial charge in [-0.15, -0.1) is 11.3 Å². The van der Waals surface area contributed by atoms with Crippen LogP contribution in [0.2, 0.25) is 0 Å². The highest BCUT2D eigenvalue weighted by Crippen LogP contribution is 2.34. The van der Waals surface area contributed by atoms with Gasteiger partial charge in [-0.3, -0.25) is 0 Å². The molecule has 26 heavy (non-hydrogen) atoms. The summed E-state index contributed by atoms with van der Waals surface area (Å²) in [7, 11) is 0. The molecule has 130 valence electrons. The van der Waals surface area contributed by atoms with Gasteiger partial charge in [-0.25, -0.2) is 9.67 Å². The average molecular weight is 371 g/mol. The number of thiazole rings is 1. The highest BCUT2D eigenvalue weighted by molar-refractivity contribution is 7.12. The van der Waals surface area contributed by atoms with Crippen LogP contribution >= 0.6 is 11.3 Å². The highest BCUT2D eigenvalue weighted by atomic mass is 32.1. The molecule has 0 unspecified atom stereocenters. The number of nitrogens with zero attached hydrogens (tertiary/aromatic N) is 3. The number of benzene rings is 2. The summed E-state index contributed by atoms with van der Waals surface area (Å²) in [5.41, 5.74) is 1.67. The van der Waals surface area contributed by atoms with E-state index < -0.39 is 11.9 Å². The quantitative estimate of drug-likeness (QED) is 0.464. The largest absolute Gasteiger partial charge is 0.435 e. The lowest BCUT2D eigenvalue weighted by atomic mass is 10.1. The van der Waals surface area contributed by atoms with Gasteiger partial charge in [-0.1, -0.05) is 60.7 Å². The Kier molecular flexibility index (Phi) is 4.08. The van der Waals surface area contributed by atoms with Crippen LogP contribution < -0.4 is 0 Å². The molecule has 0 N–H and O–H groups in total. The predicted molar refractivity (Wildman–Crippen MR) is 95.1 cm³/mol. The van der Waals surface area contributed by atoms with Gasteiger partial charge in [-0.05, 0) is 6.07 Å². The maximum absolute atomic E-state index is 13.2. The molecule has 0 fully saturated rings. The van der Waals surface area contributed by atoms with Gasteiger partial charge in [0.1, 0.15) is 0 Å². The van der Waals surface area contributed by atoms with Crippen molar-refractivity contribution in [2.45, 2.75) is 6.18 Å². The van der Waals surface area contributed by atoms with E-state index in [1.54, 1.807) is 24.3 Å². The van der Waals surface area contributed by atoms with Crippen molar-refractivity contribution >= 4 is 11.3 Å². The fourth-order valence-electron chi connectivity index (χ4n) is 2.58. The van der Waals surface area contributed by atoms with Crippen LogP contribution in [0.1, 0.15) is 5.69 Å². The molecule has 0 bridgehead atoms. The molecule has 0 aliphatic carbocycles. The van der Waals surface area contributed by atoms with Gasteiger partial charge in [-0.2, -0.15) is 18.3 Å². The second-order valence-electron chi connectivity index (χ2n) is 5.57. The first-order chi connectivity index (χ1) is 12.5. The average Bonchev–Trinajstić information content (AvgIpc) is 3.30. The number of aromatic nitrogens is 3. The number of rotatable bonds is 3. The van der Waals surface area contributed by atoms with Crippen LogP contribution in [0, 0.1) is 0 Å². The van der Waals surface area contributed by atoms with E-state index in [2.05, 4.69) is 10.1 Å². The van der Waals surface area contributed by atoms with Crippen LogP contribution in [0.15, 0.2) is 72.1 Å². The normalized spacial score (nSPS) is 11.7. The van der Waals surface area contributed by atoms with Gasteiger partial charge < -0.3 is 0 Å². The van der Waals surface area contributed by atoms with Crippen LogP contribution in [0.3, 0.4) is 0 Å². The Bertz CT molecular complexity index is 1020. The van der Waals surface area contributed by atoms with E-state index in [-0.39, 0.29) is 0 Å². The van der Waals surface area contributed by atoms with E-state index in [1.165, 1.54) is 16.0 Å². The fraction of sp³-hybridized carbons (Fsp3) is 0.0526. The summed E-state index contributed by atoms with van der Waals surface area (Å²) in [5.74, 6) is 0. The lowest BCUT2D eigenvalue weighted by molar-refractivity contribution is -0.141. The van der Waals surface area contributed by atoms with Gasteiger partial charge in [0.05, 0.1) is 11.4 Å². The van der Waals surface area contributed by atoms with Crippen molar-refractivity contribution < 1.29 is 13.2 Å². The molecule has 4 aromatic rings. The molecule has 7 heteroatoms. The Balaban J connectivity index is 1.84. The van der Waals surface area contributed by atoms with Gasteiger partial charge in [0.25, 0.3) is 0 Å². The summed E-state index contributed by atoms with van der Waals surface area (Å²) in [5, 5.41) is 5.98. The lowest BCUT2D eigenvalue weighted by Gasteiger charge is -2.04. The molecule has 0 radical (unpaired) electrons. The third kappa shape index (κ3) is 3.13. The van der Waals surface area contributed by atoms with Crippen LogP contribution in [-0.2, 0) is 6.18 Å². The topological polar surface area (TPSA) is 30.7 Å². The SMILES string of the molecule is FC(F)(F)c1cc(-c2ccccc2)n(-c2nc(-c3ccccc3)cs2)n1. The molecule has 0 saturated heterocycles. The zero-order valence-corrected chi connectivity index (χ0v) is 14.1. The zero-order chi connectivity index (χ0) is 18.1. The van der Waals surface area contributed by atoms with Crippen molar-refractivity contribution in [1.29, 1.82) is 0 Å². The van der Waals surface area contributed by atoms with Crippen LogP contribution in [0.25, 0.3) is 27.6 Å². The minimum absolute atomic E-state index is 0.354. The van der Waals surface area contributed by atoms with E-state index >= 15 is 0 Å². The van der Waals surface area contributed by atoms with Crippen LogP contribution in [-0.4, -0.2) is 14.8 Å². The van der Waals surface area contributed by atoms with E-state index in [9.17, 15) is 13.2 Å². The Morgan fingerprint density at radius 1 is 0.846 bits per heavy atom. The third-order valence-corrected chi connectivity index (χ3v) is 4.63. The van der Waals surface area contributed by atoms with Crippen molar-refractivity contribution in [3.63, 3.8) is 0 Å². The molecular weight excluding hydrogens is 359 g/mol. The number of halogens is 3. The third-order valence-electron chi connectivity index (χ3n) is 3.81. The molecule has 4 rings (SSSR count). The molecule has 2 aromatic heterocycles. The summed E-state index contributed by atoms with van der Waals surface area (Å²) in [6.07, 6.45) is -4.52.